The highest BCUT2D eigenvalue weighted by Crippen LogP contribution is 2.25. The molecule has 9 heteroatoms. The zero-order valence-electron chi connectivity index (χ0n) is 16.2. The number of anilines is 2. The van der Waals surface area contributed by atoms with Crippen LogP contribution in [-0.2, 0) is 14.6 Å². The fraction of sp³-hybridized carbons (Fsp3) is 0.450. The molecule has 1 atom stereocenters. The minimum absolute atomic E-state index is 0.0345. The van der Waals surface area contributed by atoms with Gasteiger partial charge in [-0.15, -0.1) is 0 Å². The summed E-state index contributed by atoms with van der Waals surface area (Å²) in [6.45, 7) is 3.24. The number of piperazine rings is 1. The molecule has 0 aliphatic carbocycles. The van der Waals surface area contributed by atoms with Crippen LogP contribution in [0.5, 0.6) is 0 Å². The van der Waals surface area contributed by atoms with Crippen molar-refractivity contribution in [1.82, 2.24) is 14.9 Å². The van der Waals surface area contributed by atoms with E-state index in [-0.39, 0.29) is 30.0 Å². The van der Waals surface area contributed by atoms with Crippen molar-refractivity contribution in [1.29, 1.82) is 0 Å². The lowest BCUT2D eigenvalue weighted by atomic mass is 10.1. The Morgan fingerprint density at radius 3 is 2.34 bits per heavy atom. The molecule has 0 saturated carbocycles. The Bertz CT molecular complexity index is 931. The number of sulfone groups is 1. The molecule has 3 heterocycles. The Morgan fingerprint density at radius 2 is 1.72 bits per heavy atom. The summed E-state index contributed by atoms with van der Waals surface area (Å²) < 4.78 is 24.0. The second-order valence-corrected chi connectivity index (χ2v) is 9.70. The van der Waals surface area contributed by atoms with Gasteiger partial charge in [-0.05, 0) is 24.6 Å². The Hall–Kier alpha value is -2.52. The molecule has 2 saturated heterocycles. The quantitative estimate of drug-likeness (QED) is 0.714. The fourth-order valence-corrected chi connectivity index (χ4v) is 5.65. The second-order valence-electron chi connectivity index (χ2n) is 7.47. The third kappa shape index (κ3) is 4.73. The summed E-state index contributed by atoms with van der Waals surface area (Å²) in [5, 5.41) is 0. The minimum atomic E-state index is -3.08. The molecule has 2 aliphatic rings. The first-order valence-electron chi connectivity index (χ1n) is 9.84. The maximum Gasteiger partial charge on any atom is 0.241 e. The number of hydrogen-bond donors (Lipinski definition) is 0. The predicted molar refractivity (Wildman–Crippen MR) is 112 cm³/mol. The van der Waals surface area contributed by atoms with E-state index in [1.54, 1.807) is 23.4 Å². The number of carbonyl (C=O) groups is 1. The van der Waals surface area contributed by atoms with Crippen LogP contribution in [-0.4, -0.2) is 79.5 Å². The van der Waals surface area contributed by atoms with Crippen molar-refractivity contribution in [3.05, 3.63) is 48.8 Å². The van der Waals surface area contributed by atoms with E-state index in [1.807, 2.05) is 30.3 Å². The molecular formula is C20H25N5O3S. The van der Waals surface area contributed by atoms with E-state index in [0.29, 0.717) is 12.4 Å². The van der Waals surface area contributed by atoms with Crippen molar-refractivity contribution < 1.29 is 13.2 Å². The summed E-state index contributed by atoms with van der Waals surface area (Å²) in [6, 6.07) is 10.9. The van der Waals surface area contributed by atoms with Crippen LogP contribution in [0.2, 0.25) is 0 Å². The molecule has 0 bridgehead atoms. The lowest BCUT2D eigenvalue weighted by Gasteiger charge is -2.36. The number of benzene rings is 1. The van der Waals surface area contributed by atoms with Gasteiger partial charge in [0.2, 0.25) is 11.9 Å². The lowest BCUT2D eigenvalue weighted by molar-refractivity contribution is -0.120. The molecule has 154 valence electrons. The van der Waals surface area contributed by atoms with Crippen LogP contribution in [0.25, 0.3) is 0 Å². The zero-order chi connectivity index (χ0) is 20.3. The Labute approximate surface area is 171 Å². The van der Waals surface area contributed by atoms with Gasteiger partial charge in [0.1, 0.15) is 0 Å². The number of aromatic nitrogens is 2. The highest BCUT2D eigenvalue weighted by Gasteiger charge is 2.36. The third-order valence-corrected chi connectivity index (χ3v) is 7.19. The summed E-state index contributed by atoms with van der Waals surface area (Å²) in [7, 11) is -3.08. The van der Waals surface area contributed by atoms with Gasteiger partial charge in [-0.3, -0.25) is 9.69 Å². The number of rotatable bonds is 5. The molecule has 0 unspecified atom stereocenters. The maximum absolute atomic E-state index is 13.2. The van der Waals surface area contributed by atoms with Crippen molar-refractivity contribution in [2.24, 2.45) is 0 Å². The summed E-state index contributed by atoms with van der Waals surface area (Å²) >= 11 is 0. The minimum Gasteiger partial charge on any atom is -0.338 e. The van der Waals surface area contributed by atoms with E-state index in [0.717, 1.165) is 31.9 Å². The van der Waals surface area contributed by atoms with Crippen molar-refractivity contribution in [3.8, 4) is 0 Å². The average molecular weight is 416 g/mol. The SMILES string of the molecule is O=C(CN1CCN(c2ncccn2)CC1)N(c1ccccc1)[C@H]1CCS(=O)(=O)C1. The van der Waals surface area contributed by atoms with Gasteiger partial charge in [-0.2, -0.15) is 0 Å². The van der Waals surface area contributed by atoms with Gasteiger partial charge < -0.3 is 9.80 Å². The first-order chi connectivity index (χ1) is 14.0. The Balaban J connectivity index is 1.42. The van der Waals surface area contributed by atoms with E-state index in [1.165, 1.54) is 0 Å². The molecule has 0 N–H and O–H groups in total. The zero-order valence-corrected chi connectivity index (χ0v) is 17.0. The molecule has 29 heavy (non-hydrogen) atoms. The van der Waals surface area contributed by atoms with Crippen molar-refractivity contribution >= 4 is 27.4 Å². The number of amides is 1. The summed E-state index contributed by atoms with van der Waals surface area (Å²) in [6.07, 6.45) is 3.94. The van der Waals surface area contributed by atoms with E-state index >= 15 is 0 Å². The molecule has 1 aromatic heterocycles. The highest BCUT2D eigenvalue weighted by molar-refractivity contribution is 7.91. The normalized spacial score (nSPS) is 21.8. The van der Waals surface area contributed by atoms with Gasteiger partial charge in [0.05, 0.1) is 24.1 Å². The summed E-state index contributed by atoms with van der Waals surface area (Å²) in [4.78, 5) is 27.7. The monoisotopic (exact) mass is 415 g/mol. The molecule has 2 aromatic rings. The largest absolute Gasteiger partial charge is 0.338 e. The molecule has 2 fully saturated rings. The number of hydrogen-bond acceptors (Lipinski definition) is 7. The van der Waals surface area contributed by atoms with E-state index < -0.39 is 9.84 Å². The van der Waals surface area contributed by atoms with Gasteiger partial charge in [0, 0.05) is 44.3 Å². The van der Waals surface area contributed by atoms with Crippen molar-refractivity contribution in [2.75, 3.05) is 54.0 Å². The van der Waals surface area contributed by atoms with E-state index in [4.69, 9.17) is 0 Å². The van der Waals surface area contributed by atoms with Crippen LogP contribution in [0.1, 0.15) is 6.42 Å². The topological polar surface area (TPSA) is 86.7 Å². The van der Waals surface area contributed by atoms with Gasteiger partial charge in [0.25, 0.3) is 0 Å². The molecule has 8 nitrogen and oxygen atoms in total. The van der Waals surface area contributed by atoms with E-state index in [2.05, 4.69) is 19.8 Å². The number of para-hydroxylation sites is 1. The van der Waals surface area contributed by atoms with Crippen LogP contribution >= 0.6 is 0 Å². The first kappa shape index (κ1) is 19.8. The standard InChI is InChI=1S/C20H25N5O3S/c26-19(15-23-10-12-24(13-11-23)20-21-8-4-9-22-20)25(17-5-2-1-3-6-17)18-7-14-29(27,28)16-18/h1-6,8-9,18H,7,10-16H2/t18-/m0/s1. The Morgan fingerprint density at radius 1 is 1.03 bits per heavy atom. The van der Waals surface area contributed by atoms with Crippen LogP contribution in [0, 0.1) is 0 Å². The van der Waals surface area contributed by atoms with Gasteiger partial charge >= 0.3 is 0 Å². The predicted octanol–water partition coefficient (Wildman–Crippen LogP) is 0.819. The molecule has 0 spiro atoms. The van der Waals surface area contributed by atoms with Gasteiger partial charge in [-0.25, -0.2) is 18.4 Å². The van der Waals surface area contributed by atoms with Gasteiger partial charge in [-0.1, -0.05) is 18.2 Å². The van der Waals surface area contributed by atoms with Crippen molar-refractivity contribution in [2.45, 2.75) is 12.5 Å². The van der Waals surface area contributed by atoms with Crippen LogP contribution < -0.4 is 9.80 Å². The van der Waals surface area contributed by atoms with Crippen LogP contribution in [0.15, 0.2) is 48.8 Å². The molecule has 2 aliphatic heterocycles. The number of carbonyl (C=O) groups excluding carboxylic acids is 1. The average Bonchev–Trinajstić information content (AvgIpc) is 3.09. The second kappa shape index (κ2) is 8.46. The fourth-order valence-electron chi connectivity index (χ4n) is 3.95. The van der Waals surface area contributed by atoms with Gasteiger partial charge in [0.15, 0.2) is 9.84 Å². The van der Waals surface area contributed by atoms with Crippen LogP contribution in [0.4, 0.5) is 11.6 Å². The van der Waals surface area contributed by atoms with Crippen molar-refractivity contribution in [3.63, 3.8) is 0 Å². The number of nitrogens with zero attached hydrogens (tertiary/aromatic N) is 5. The lowest BCUT2D eigenvalue weighted by Crippen LogP contribution is -2.52. The third-order valence-electron chi connectivity index (χ3n) is 5.44. The molecular weight excluding hydrogens is 390 g/mol. The maximum atomic E-state index is 13.2. The molecule has 4 rings (SSSR count). The van der Waals surface area contributed by atoms with Crippen LogP contribution in [0.3, 0.4) is 0 Å². The van der Waals surface area contributed by atoms with E-state index in [9.17, 15) is 13.2 Å². The molecule has 1 amide bonds. The molecule has 1 aromatic carbocycles. The smallest absolute Gasteiger partial charge is 0.241 e. The Kier molecular flexibility index (Phi) is 5.77. The summed E-state index contributed by atoms with van der Waals surface area (Å²) in [5.41, 5.74) is 0.760. The summed E-state index contributed by atoms with van der Waals surface area (Å²) in [5.74, 6) is 0.833. The highest BCUT2D eigenvalue weighted by atomic mass is 32.2. The first-order valence-corrected chi connectivity index (χ1v) is 11.7. The molecule has 0 radical (unpaired) electrons.